The lowest BCUT2D eigenvalue weighted by atomic mass is 10.2. The van der Waals surface area contributed by atoms with Gasteiger partial charge in [-0.1, -0.05) is 0 Å². The van der Waals surface area contributed by atoms with Crippen molar-refractivity contribution in [3.8, 4) is 5.75 Å². The van der Waals surface area contributed by atoms with E-state index in [0.29, 0.717) is 13.1 Å². The van der Waals surface area contributed by atoms with E-state index in [4.69, 9.17) is 4.74 Å². The smallest absolute Gasteiger partial charge is 0.415 e. The van der Waals surface area contributed by atoms with Crippen molar-refractivity contribution < 1.29 is 19.1 Å². The van der Waals surface area contributed by atoms with E-state index in [1.54, 1.807) is 4.90 Å². The van der Waals surface area contributed by atoms with Gasteiger partial charge in [0.25, 0.3) is 0 Å². The van der Waals surface area contributed by atoms with Gasteiger partial charge in [-0.25, -0.2) is 9.59 Å². The third-order valence-corrected chi connectivity index (χ3v) is 3.43. The average Bonchev–Trinajstić information content (AvgIpc) is 2.54. The molecule has 0 saturated carbocycles. The Morgan fingerprint density at radius 2 is 1.86 bits per heavy atom. The van der Waals surface area contributed by atoms with E-state index in [2.05, 4.69) is 14.8 Å². The maximum Gasteiger partial charge on any atom is 0.415 e. The fraction of sp³-hybridized carbons (Fsp3) is 0.429. The van der Waals surface area contributed by atoms with Crippen LogP contribution >= 0.6 is 0 Å². The van der Waals surface area contributed by atoms with E-state index in [0.717, 1.165) is 13.1 Å². The number of benzene rings is 1. The summed E-state index contributed by atoms with van der Waals surface area (Å²) in [7, 11) is 3.19. The molecule has 0 aromatic heterocycles. The summed E-state index contributed by atoms with van der Waals surface area (Å²) in [4.78, 5) is 38.1. The number of esters is 1. The molecule has 0 atom stereocenters. The minimum absolute atomic E-state index is 0.0344. The van der Waals surface area contributed by atoms with E-state index < -0.39 is 12.1 Å². The number of carbonyl (C=O) groups excluding carboxylic acids is 2. The lowest BCUT2D eigenvalue weighted by Gasteiger charge is -2.31. The standard InChI is InChI=1S/C14H17N3O5/c1-16-5-7-17(8-6-16)14(19)22-12-9-10(15-20)3-4-11(12)13(18)21-2/h3-4,9H,5-8H2,1-2H3. The Labute approximate surface area is 127 Å². The topological polar surface area (TPSA) is 88.5 Å². The maximum atomic E-state index is 12.2. The monoisotopic (exact) mass is 307 g/mol. The second-order valence-electron chi connectivity index (χ2n) is 4.92. The molecule has 8 heteroatoms. The predicted molar refractivity (Wildman–Crippen MR) is 78.3 cm³/mol. The average molecular weight is 307 g/mol. The molecule has 1 aromatic rings. The fourth-order valence-corrected chi connectivity index (χ4v) is 2.08. The van der Waals surface area contributed by atoms with Gasteiger partial charge in [0.1, 0.15) is 17.0 Å². The molecule has 22 heavy (non-hydrogen) atoms. The number of carbonyl (C=O) groups is 2. The van der Waals surface area contributed by atoms with Gasteiger partial charge in [0.15, 0.2) is 0 Å². The lowest BCUT2D eigenvalue weighted by Crippen LogP contribution is -2.48. The van der Waals surface area contributed by atoms with E-state index in [1.807, 2.05) is 7.05 Å². The summed E-state index contributed by atoms with van der Waals surface area (Å²) in [5, 5.41) is 2.77. The molecule has 0 spiro atoms. The van der Waals surface area contributed by atoms with Crippen molar-refractivity contribution in [1.82, 2.24) is 9.80 Å². The molecule has 118 valence electrons. The van der Waals surface area contributed by atoms with Crippen LogP contribution in [0.1, 0.15) is 10.4 Å². The number of nitroso groups, excluding NO2 is 1. The molecule has 1 saturated heterocycles. The van der Waals surface area contributed by atoms with E-state index >= 15 is 0 Å². The highest BCUT2D eigenvalue weighted by Gasteiger charge is 2.23. The Kier molecular flexibility index (Phi) is 5.05. The Hall–Kier alpha value is -2.48. The molecule has 0 unspecified atom stereocenters. The molecule has 1 aromatic carbocycles. The van der Waals surface area contributed by atoms with E-state index in [-0.39, 0.29) is 17.0 Å². The van der Waals surface area contributed by atoms with Gasteiger partial charge in [0.2, 0.25) is 0 Å². The van der Waals surface area contributed by atoms with Gasteiger partial charge in [0, 0.05) is 32.2 Å². The molecule has 0 aliphatic carbocycles. The zero-order valence-corrected chi connectivity index (χ0v) is 12.4. The van der Waals surface area contributed by atoms with E-state index in [9.17, 15) is 14.5 Å². The van der Waals surface area contributed by atoms with Crippen molar-refractivity contribution in [2.45, 2.75) is 0 Å². The van der Waals surface area contributed by atoms with Crippen LogP contribution < -0.4 is 4.74 Å². The number of methoxy groups -OCH3 is 1. The minimum Gasteiger partial charge on any atom is -0.465 e. The Morgan fingerprint density at radius 3 is 2.45 bits per heavy atom. The first-order valence-corrected chi connectivity index (χ1v) is 6.76. The van der Waals surface area contributed by atoms with Gasteiger partial charge in [-0.15, -0.1) is 4.91 Å². The van der Waals surface area contributed by atoms with Gasteiger partial charge in [-0.3, -0.25) is 0 Å². The van der Waals surface area contributed by atoms with Crippen molar-refractivity contribution in [2.24, 2.45) is 5.18 Å². The highest BCUT2D eigenvalue weighted by molar-refractivity contribution is 5.94. The number of likely N-dealkylation sites (N-methyl/N-ethyl adjacent to an activating group) is 1. The van der Waals surface area contributed by atoms with Crippen LogP contribution in [0.25, 0.3) is 0 Å². The summed E-state index contributed by atoms with van der Waals surface area (Å²) in [6, 6.07) is 3.94. The van der Waals surface area contributed by atoms with Gasteiger partial charge < -0.3 is 19.3 Å². The minimum atomic E-state index is -0.654. The van der Waals surface area contributed by atoms with E-state index in [1.165, 1.54) is 25.3 Å². The van der Waals surface area contributed by atoms with Crippen LogP contribution in [0, 0.1) is 4.91 Å². The Bertz CT molecular complexity index is 582. The molecule has 8 nitrogen and oxygen atoms in total. The zero-order chi connectivity index (χ0) is 16.1. The number of hydrogen-bond donors (Lipinski definition) is 0. The Balaban J connectivity index is 2.18. The fourth-order valence-electron chi connectivity index (χ4n) is 2.08. The van der Waals surface area contributed by atoms with Crippen molar-refractivity contribution in [3.05, 3.63) is 28.7 Å². The maximum absolute atomic E-state index is 12.2. The Morgan fingerprint density at radius 1 is 1.18 bits per heavy atom. The number of amides is 1. The summed E-state index contributed by atoms with van der Waals surface area (Å²) >= 11 is 0. The molecule has 2 rings (SSSR count). The highest BCUT2D eigenvalue weighted by atomic mass is 16.6. The van der Waals surface area contributed by atoms with Gasteiger partial charge in [-0.2, -0.15) is 0 Å². The van der Waals surface area contributed by atoms with Crippen LogP contribution in [-0.2, 0) is 4.74 Å². The molecule has 0 N–H and O–H groups in total. The summed E-state index contributed by atoms with van der Waals surface area (Å²) in [5.41, 5.74) is 0.131. The zero-order valence-electron chi connectivity index (χ0n) is 12.4. The second-order valence-corrected chi connectivity index (χ2v) is 4.92. The molecule has 1 aliphatic rings. The largest absolute Gasteiger partial charge is 0.465 e. The van der Waals surface area contributed by atoms with Crippen LogP contribution in [0.5, 0.6) is 5.75 Å². The molecule has 0 bridgehead atoms. The van der Waals surface area contributed by atoms with Crippen LogP contribution in [0.4, 0.5) is 10.5 Å². The van der Waals surface area contributed by atoms with Crippen LogP contribution in [0.2, 0.25) is 0 Å². The number of rotatable bonds is 3. The number of nitrogens with zero attached hydrogens (tertiary/aromatic N) is 3. The van der Waals surface area contributed by atoms with Crippen LogP contribution in [0.15, 0.2) is 23.4 Å². The SMILES string of the molecule is COC(=O)c1ccc(N=O)cc1OC(=O)N1CCN(C)CC1. The second kappa shape index (κ2) is 6.99. The molecule has 1 fully saturated rings. The van der Waals surface area contributed by atoms with Crippen molar-refractivity contribution in [2.75, 3.05) is 40.3 Å². The summed E-state index contributed by atoms with van der Waals surface area (Å²) < 4.78 is 9.89. The lowest BCUT2D eigenvalue weighted by molar-refractivity contribution is 0.0596. The molecule has 0 radical (unpaired) electrons. The predicted octanol–water partition coefficient (Wildman–Crippen LogP) is 1.62. The molecular weight excluding hydrogens is 290 g/mol. The quantitative estimate of drug-likeness (QED) is 0.623. The number of hydrogen-bond acceptors (Lipinski definition) is 7. The normalized spacial score (nSPS) is 15.3. The summed E-state index contributed by atoms with van der Waals surface area (Å²) in [6.07, 6.45) is -0.568. The van der Waals surface area contributed by atoms with Crippen molar-refractivity contribution in [1.29, 1.82) is 0 Å². The molecular formula is C14H17N3O5. The third-order valence-electron chi connectivity index (χ3n) is 3.43. The third kappa shape index (κ3) is 3.59. The van der Waals surface area contributed by atoms with Gasteiger partial charge in [-0.05, 0) is 24.4 Å². The first-order chi connectivity index (χ1) is 10.5. The number of piperazine rings is 1. The van der Waals surface area contributed by atoms with Crippen LogP contribution in [0.3, 0.4) is 0 Å². The molecule has 1 amide bonds. The number of ether oxygens (including phenoxy) is 2. The first-order valence-electron chi connectivity index (χ1n) is 6.76. The molecule has 1 aliphatic heterocycles. The van der Waals surface area contributed by atoms with Crippen molar-refractivity contribution in [3.63, 3.8) is 0 Å². The summed E-state index contributed by atoms with van der Waals surface area (Å²) in [6.45, 7) is 2.56. The highest BCUT2D eigenvalue weighted by Crippen LogP contribution is 2.26. The van der Waals surface area contributed by atoms with Crippen LogP contribution in [-0.4, -0.2) is 62.2 Å². The van der Waals surface area contributed by atoms with Gasteiger partial charge in [0.05, 0.1) is 7.11 Å². The molecule has 1 heterocycles. The van der Waals surface area contributed by atoms with Crippen molar-refractivity contribution >= 4 is 17.7 Å². The first kappa shape index (κ1) is 15.9. The summed E-state index contributed by atoms with van der Waals surface area (Å²) in [5.74, 6) is -0.688. The van der Waals surface area contributed by atoms with Gasteiger partial charge >= 0.3 is 12.1 Å².